The molecule has 1 fully saturated rings. The molecule has 0 unspecified atom stereocenters. The third-order valence-corrected chi connectivity index (χ3v) is 6.82. The van der Waals surface area contributed by atoms with E-state index in [1.807, 2.05) is 18.4 Å². The lowest BCUT2D eigenvalue weighted by Crippen LogP contribution is -2.43. The molecular formula is C26H26N6O2. The zero-order valence-corrected chi connectivity index (χ0v) is 19.2. The number of aryl methyl sites for hydroxylation is 2. The first-order chi connectivity index (χ1) is 16.6. The summed E-state index contributed by atoms with van der Waals surface area (Å²) in [5.74, 6) is 0.168. The summed E-state index contributed by atoms with van der Waals surface area (Å²) in [6.07, 6.45) is 0. The maximum absolute atomic E-state index is 14.0. The standard InChI is InChI=1S/C26H26N6O2/c1-3-32-20-14-17(31-12-10-27-11-13-31)6-9-19(20)22-21-15(2)29-30-25(21)28-24(23(22)26(32)34)16-4-7-18(33)8-5-16/h4-9,14,27,33H,3,10-13H2,1-2H3,(H,28,29,30). The highest BCUT2D eigenvalue weighted by molar-refractivity contribution is 6.21. The second-order valence-electron chi connectivity index (χ2n) is 8.79. The van der Waals surface area contributed by atoms with Gasteiger partial charge in [0.2, 0.25) is 0 Å². The fourth-order valence-corrected chi connectivity index (χ4v) is 5.14. The average molecular weight is 455 g/mol. The Morgan fingerprint density at radius 2 is 1.79 bits per heavy atom. The minimum Gasteiger partial charge on any atom is -0.508 e. The number of hydrogen-bond donors (Lipinski definition) is 3. The molecule has 0 saturated carbocycles. The Kier molecular flexibility index (Phi) is 4.77. The van der Waals surface area contributed by atoms with Gasteiger partial charge < -0.3 is 19.9 Å². The molecule has 1 aliphatic heterocycles. The van der Waals surface area contributed by atoms with Crippen molar-refractivity contribution in [2.24, 2.45) is 0 Å². The van der Waals surface area contributed by atoms with Crippen molar-refractivity contribution in [2.75, 3.05) is 31.1 Å². The third kappa shape index (κ3) is 3.06. The molecular weight excluding hydrogens is 428 g/mol. The van der Waals surface area contributed by atoms with Gasteiger partial charge in [-0.25, -0.2) is 4.98 Å². The van der Waals surface area contributed by atoms with Gasteiger partial charge in [0, 0.05) is 60.4 Å². The molecule has 4 heterocycles. The molecule has 8 heteroatoms. The smallest absolute Gasteiger partial charge is 0.261 e. The van der Waals surface area contributed by atoms with E-state index < -0.39 is 0 Å². The molecule has 2 aromatic carbocycles. The summed E-state index contributed by atoms with van der Waals surface area (Å²) in [4.78, 5) is 21.2. The lowest BCUT2D eigenvalue weighted by molar-refractivity contribution is 0.475. The van der Waals surface area contributed by atoms with Crippen LogP contribution in [0.5, 0.6) is 5.75 Å². The van der Waals surface area contributed by atoms with Crippen molar-refractivity contribution in [3.8, 4) is 17.0 Å². The van der Waals surface area contributed by atoms with Gasteiger partial charge in [0.05, 0.1) is 22.0 Å². The topological polar surface area (TPSA) is 99.1 Å². The Bertz CT molecular complexity index is 1610. The van der Waals surface area contributed by atoms with Gasteiger partial charge in [0.1, 0.15) is 5.75 Å². The number of nitrogens with one attached hydrogen (secondary N) is 2. The number of nitrogens with zero attached hydrogens (tertiary/aromatic N) is 4. The average Bonchev–Trinajstić information content (AvgIpc) is 3.24. The zero-order valence-electron chi connectivity index (χ0n) is 19.2. The molecule has 5 aromatic rings. The zero-order chi connectivity index (χ0) is 23.4. The van der Waals surface area contributed by atoms with Crippen molar-refractivity contribution >= 4 is 38.4 Å². The SMILES string of the molecule is CCn1c(=O)c2c(-c3ccc(O)cc3)nc3n[nH]c(C)c3c2c2ccc(N3CCNCC3)cc21. The van der Waals surface area contributed by atoms with Crippen LogP contribution >= 0.6 is 0 Å². The predicted molar refractivity (Wildman–Crippen MR) is 136 cm³/mol. The van der Waals surface area contributed by atoms with Crippen molar-refractivity contribution in [3.63, 3.8) is 0 Å². The number of rotatable bonds is 3. The third-order valence-electron chi connectivity index (χ3n) is 6.82. The first kappa shape index (κ1) is 20.7. The van der Waals surface area contributed by atoms with Crippen LogP contribution in [0, 0.1) is 6.92 Å². The lowest BCUT2D eigenvalue weighted by Gasteiger charge is -2.30. The normalized spacial score (nSPS) is 14.5. The van der Waals surface area contributed by atoms with Crippen LogP contribution in [0.2, 0.25) is 0 Å². The van der Waals surface area contributed by atoms with E-state index >= 15 is 0 Å². The lowest BCUT2D eigenvalue weighted by atomic mass is 9.98. The van der Waals surface area contributed by atoms with Crippen LogP contribution in [0.15, 0.2) is 47.3 Å². The minimum absolute atomic E-state index is 0.0689. The summed E-state index contributed by atoms with van der Waals surface area (Å²) in [7, 11) is 0. The fourth-order valence-electron chi connectivity index (χ4n) is 5.14. The number of aromatic hydroxyl groups is 1. The number of piperazine rings is 1. The van der Waals surface area contributed by atoms with Gasteiger partial charge in [-0.2, -0.15) is 5.10 Å². The molecule has 6 rings (SSSR count). The molecule has 0 radical (unpaired) electrons. The number of pyridine rings is 2. The molecule has 8 nitrogen and oxygen atoms in total. The number of fused-ring (bicyclic) bond motifs is 5. The van der Waals surface area contributed by atoms with E-state index in [4.69, 9.17) is 4.98 Å². The van der Waals surface area contributed by atoms with E-state index in [0.717, 1.165) is 64.8 Å². The number of phenols is 1. The number of hydrogen-bond acceptors (Lipinski definition) is 6. The molecule has 0 amide bonds. The first-order valence-corrected chi connectivity index (χ1v) is 11.7. The molecule has 1 saturated heterocycles. The van der Waals surface area contributed by atoms with Crippen LogP contribution < -0.4 is 15.8 Å². The molecule has 0 atom stereocenters. The molecule has 34 heavy (non-hydrogen) atoms. The number of benzene rings is 2. The maximum Gasteiger partial charge on any atom is 0.261 e. The Morgan fingerprint density at radius 1 is 1.03 bits per heavy atom. The molecule has 3 aromatic heterocycles. The Labute approximate surface area is 195 Å². The number of anilines is 1. The van der Waals surface area contributed by atoms with Crippen molar-refractivity contribution in [2.45, 2.75) is 20.4 Å². The predicted octanol–water partition coefficient (Wildman–Crippen LogP) is 3.54. The van der Waals surface area contributed by atoms with Gasteiger partial charge in [-0.15, -0.1) is 0 Å². The first-order valence-electron chi connectivity index (χ1n) is 11.7. The van der Waals surface area contributed by atoms with Gasteiger partial charge in [0.15, 0.2) is 5.65 Å². The quantitative estimate of drug-likeness (QED) is 0.361. The van der Waals surface area contributed by atoms with Crippen LogP contribution in [0.1, 0.15) is 12.6 Å². The summed E-state index contributed by atoms with van der Waals surface area (Å²) in [5.41, 5.74) is 4.78. The van der Waals surface area contributed by atoms with E-state index in [1.165, 1.54) is 0 Å². The maximum atomic E-state index is 14.0. The van der Waals surface area contributed by atoms with E-state index in [-0.39, 0.29) is 11.3 Å². The highest BCUT2D eigenvalue weighted by Gasteiger charge is 2.22. The summed E-state index contributed by atoms with van der Waals surface area (Å²) in [6.45, 7) is 8.29. The van der Waals surface area contributed by atoms with E-state index in [0.29, 0.717) is 23.3 Å². The van der Waals surface area contributed by atoms with Crippen molar-refractivity contribution in [1.82, 2.24) is 25.1 Å². The Morgan fingerprint density at radius 3 is 2.53 bits per heavy atom. The summed E-state index contributed by atoms with van der Waals surface area (Å²) < 4.78 is 1.84. The van der Waals surface area contributed by atoms with E-state index in [1.54, 1.807) is 24.3 Å². The second kappa shape index (κ2) is 7.85. The van der Waals surface area contributed by atoms with Gasteiger partial charge in [-0.1, -0.05) is 6.07 Å². The molecule has 0 spiro atoms. The molecule has 3 N–H and O–H groups in total. The van der Waals surface area contributed by atoms with Crippen molar-refractivity contribution in [3.05, 3.63) is 58.5 Å². The van der Waals surface area contributed by atoms with E-state index in [2.05, 4.69) is 38.6 Å². The Hall–Kier alpha value is -3.91. The number of aromatic amines is 1. The van der Waals surface area contributed by atoms with Gasteiger partial charge in [0.25, 0.3) is 5.56 Å². The summed E-state index contributed by atoms with van der Waals surface area (Å²) in [5, 5.41) is 24.0. The fraction of sp³-hybridized carbons (Fsp3) is 0.269. The molecule has 1 aliphatic rings. The Balaban J connectivity index is 1.76. The molecule has 172 valence electrons. The van der Waals surface area contributed by atoms with Crippen molar-refractivity contribution < 1.29 is 5.11 Å². The largest absolute Gasteiger partial charge is 0.508 e. The van der Waals surface area contributed by atoms with Gasteiger partial charge in [-0.3, -0.25) is 9.89 Å². The molecule has 0 bridgehead atoms. The molecule has 0 aliphatic carbocycles. The number of phenolic OH excluding ortho intramolecular Hbond substituents is 1. The van der Waals surface area contributed by atoms with Crippen LogP contribution in [-0.2, 0) is 6.54 Å². The highest BCUT2D eigenvalue weighted by Crippen LogP contribution is 2.37. The second-order valence-corrected chi connectivity index (χ2v) is 8.79. The van der Waals surface area contributed by atoms with Crippen LogP contribution in [-0.4, -0.2) is 51.0 Å². The summed E-state index contributed by atoms with van der Waals surface area (Å²) in [6, 6.07) is 13.2. The van der Waals surface area contributed by atoms with Gasteiger partial charge in [-0.05, 0) is 50.2 Å². The van der Waals surface area contributed by atoms with Crippen LogP contribution in [0.4, 0.5) is 5.69 Å². The number of aromatic nitrogens is 4. The monoisotopic (exact) mass is 454 g/mol. The minimum atomic E-state index is -0.0689. The van der Waals surface area contributed by atoms with Gasteiger partial charge >= 0.3 is 0 Å². The van der Waals surface area contributed by atoms with E-state index in [9.17, 15) is 9.90 Å². The summed E-state index contributed by atoms with van der Waals surface area (Å²) >= 11 is 0. The van der Waals surface area contributed by atoms with Crippen molar-refractivity contribution in [1.29, 1.82) is 0 Å². The highest BCUT2D eigenvalue weighted by atomic mass is 16.3. The number of H-pyrrole nitrogens is 1. The van der Waals surface area contributed by atoms with Crippen LogP contribution in [0.3, 0.4) is 0 Å². The van der Waals surface area contributed by atoms with Crippen LogP contribution in [0.25, 0.3) is 44.0 Å².